The van der Waals surface area contributed by atoms with Crippen LogP contribution in [0.25, 0.3) is 0 Å². The lowest BCUT2D eigenvalue weighted by Gasteiger charge is -2.09. The van der Waals surface area contributed by atoms with Gasteiger partial charge in [0, 0.05) is 23.4 Å². The maximum Gasteiger partial charge on any atom is 0.290 e. The molecule has 1 aliphatic carbocycles. The Morgan fingerprint density at radius 3 is 2.96 bits per heavy atom. The van der Waals surface area contributed by atoms with Crippen molar-refractivity contribution in [3.05, 3.63) is 45.6 Å². The van der Waals surface area contributed by atoms with Gasteiger partial charge in [-0.2, -0.15) is 9.83 Å². The molecule has 4 nitrogen and oxygen atoms in total. The number of anilines is 1. The lowest BCUT2D eigenvalue weighted by atomic mass is 9.96. The van der Waals surface area contributed by atoms with Gasteiger partial charge in [-0.15, -0.1) is 11.3 Å². The maximum absolute atomic E-state index is 12.4. The van der Waals surface area contributed by atoms with Crippen LogP contribution in [-0.4, -0.2) is 5.91 Å². The molecule has 5 heteroatoms. The van der Waals surface area contributed by atoms with Gasteiger partial charge in [-0.25, -0.2) is 0 Å². The van der Waals surface area contributed by atoms with E-state index in [4.69, 9.17) is 0 Å². The lowest BCUT2D eigenvalue weighted by Crippen LogP contribution is -2.43. The van der Waals surface area contributed by atoms with Crippen molar-refractivity contribution in [2.75, 3.05) is 5.32 Å². The average Bonchev–Trinajstić information content (AvgIpc) is 2.88. The van der Waals surface area contributed by atoms with E-state index in [2.05, 4.69) is 11.4 Å². The summed E-state index contributed by atoms with van der Waals surface area (Å²) in [6.45, 7) is 4.30. The van der Waals surface area contributed by atoms with Gasteiger partial charge in [0.1, 0.15) is 11.1 Å². The molecule has 118 valence electrons. The Bertz CT molecular complexity index is 801. The maximum atomic E-state index is 12.4. The SMILES string of the molecule is Cc1ccc[n+](CC(=O)Nc2sc3c(c2C#N)CCCC3)c1C. The smallest absolute Gasteiger partial charge is 0.290 e. The topological polar surface area (TPSA) is 56.8 Å². The lowest BCUT2D eigenvalue weighted by molar-refractivity contribution is -0.690. The summed E-state index contributed by atoms with van der Waals surface area (Å²) in [5.41, 5.74) is 4.06. The van der Waals surface area contributed by atoms with E-state index in [1.54, 1.807) is 11.3 Å². The van der Waals surface area contributed by atoms with E-state index in [-0.39, 0.29) is 12.5 Å². The normalized spacial score (nSPS) is 13.3. The molecule has 3 rings (SSSR count). The number of aromatic nitrogens is 1. The number of nitrogens with one attached hydrogen (secondary N) is 1. The number of amides is 1. The summed E-state index contributed by atoms with van der Waals surface area (Å²) in [4.78, 5) is 13.7. The second kappa shape index (κ2) is 6.51. The minimum absolute atomic E-state index is 0.0844. The van der Waals surface area contributed by atoms with Crippen LogP contribution in [0, 0.1) is 25.2 Å². The van der Waals surface area contributed by atoms with Crippen molar-refractivity contribution in [1.29, 1.82) is 5.26 Å². The summed E-state index contributed by atoms with van der Waals surface area (Å²) in [5, 5.41) is 13.1. The molecule has 2 heterocycles. The molecule has 0 saturated heterocycles. The first-order valence-electron chi connectivity index (χ1n) is 7.90. The molecule has 2 aromatic rings. The van der Waals surface area contributed by atoms with Gasteiger partial charge in [-0.3, -0.25) is 4.79 Å². The van der Waals surface area contributed by atoms with E-state index in [1.807, 2.05) is 36.7 Å². The number of pyridine rings is 1. The third-order valence-corrected chi connectivity index (χ3v) is 5.67. The molecule has 0 radical (unpaired) electrons. The molecule has 1 amide bonds. The zero-order valence-corrected chi connectivity index (χ0v) is 14.3. The number of hydrogen-bond donors (Lipinski definition) is 1. The van der Waals surface area contributed by atoms with Crippen LogP contribution in [0.4, 0.5) is 5.00 Å². The highest BCUT2D eigenvalue weighted by atomic mass is 32.1. The number of carbonyl (C=O) groups is 1. The number of rotatable bonds is 3. The first-order valence-corrected chi connectivity index (χ1v) is 8.72. The Morgan fingerprint density at radius 1 is 1.39 bits per heavy atom. The summed E-state index contributed by atoms with van der Waals surface area (Å²) >= 11 is 1.57. The van der Waals surface area contributed by atoms with E-state index in [0.29, 0.717) is 5.56 Å². The van der Waals surface area contributed by atoms with Gasteiger partial charge >= 0.3 is 0 Å². The highest BCUT2D eigenvalue weighted by Crippen LogP contribution is 2.37. The molecule has 0 aliphatic heterocycles. The van der Waals surface area contributed by atoms with Gasteiger partial charge < -0.3 is 5.32 Å². The second-order valence-corrected chi connectivity index (χ2v) is 7.08. The van der Waals surface area contributed by atoms with Crippen molar-refractivity contribution in [2.45, 2.75) is 46.1 Å². The van der Waals surface area contributed by atoms with Gasteiger partial charge in [-0.05, 0) is 44.2 Å². The van der Waals surface area contributed by atoms with Gasteiger partial charge in [0.2, 0.25) is 6.54 Å². The van der Waals surface area contributed by atoms with Crippen LogP contribution < -0.4 is 9.88 Å². The Kier molecular flexibility index (Phi) is 4.44. The van der Waals surface area contributed by atoms with Gasteiger partial charge in [0.05, 0.1) is 5.56 Å². The fraction of sp³-hybridized carbons (Fsp3) is 0.389. The molecule has 23 heavy (non-hydrogen) atoms. The van der Waals surface area contributed by atoms with Crippen LogP contribution in [0.1, 0.15) is 40.1 Å². The van der Waals surface area contributed by atoms with E-state index >= 15 is 0 Å². The standard InChI is InChI=1S/C18H19N3OS/c1-12-6-5-9-21(13(12)2)11-17(22)20-18-15(10-19)14-7-3-4-8-16(14)23-18/h5-6,9H,3-4,7-8,11H2,1-2H3/p+1. The average molecular weight is 326 g/mol. The van der Waals surface area contributed by atoms with E-state index in [9.17, 15) is 10.1 Å². The van der Waals surface area contributed by atoms with Crippen LogP contribution in [0.5, 0.6) is 0 Å². The summed E-state index contributed by atoms with van der Waals surface area (Å²) in [7, 11) is 0. The van der Waals surface area contributed by atoms with Crippen LogP contribution in [0.2, 0.25) is 0 Å². The van der Waals surface area contributed by atoms with Gasteiger partial charge in [0.25, 0.3) is 5.91 Å². The van der Waals surface area contributed by atoms with Crippen LogP contribution in [0.3, 0.4) is 0 Å². The van der Waals surface area contributed by atoms with Crippen molar-refractivity contribution < 1.29 is 9.36 Å². The molecule has 0 spiro atoms. The molecule has 0 unspecified atom stereocenters. The zero-order valence-electron chi connectivity index (χ0n) is 13.5. The first kappa shape index (κ1) is 15.7. The van der Waals surface area contributed by atoms with Crippen molar-refractivity contribution in [1.82, 2.24) is 0 Å². The predicted octanol–water partition coefficient (Wildman–Crippen LogP) is 3.04. The first-order chi connectivity index (χ1) is 11.1. The molecule has 0 fully saturated rings. The number of thiophene rings is 1. The highest BCUT2D eigenvalue weighted by molar-refractivity contribution is 7.16. The summed E-state index contributed by atoms with van der Waals surface area (Å²) in [6.07, 6.45) is 6.19. The summed E-state index contributed by atoms with van der Waals surface area (Å²) in [6, 6.07) is 6.26. The quantitative estimate of drug-likeness (QED) is 0.881. The predicted molar refractivity (Wildman–Crippen MR) is 90.4 cm³/mol. The molecular weight excluding hydrogens is 306 g/mol. The van der Waals surface area contributed by atoms with Crippen LogP contribution in [-0.2, 0) is 24.2 Å². The Hall–Kier alpha value is -2.19. The number of nitriles is 1. The van der Waals surface area contributed by atoms with Crippen molar-refractivity contribution in [3.8, 4) is 6.07 Å². The van der Waals surface area contributed by atoms with E-state index in [1.165, 1.54) is 11.3 Å². The number of aryl methyl sites for hydroxylation is 2. The number of carbonyl (C=O) groups excluding carboxylic acids is 1. The van der Waals surface area contributed by atoms with Crippen molar-refractivity contribution in [2.24, 2.45) is 0 Å². The monoisotopic (exact) mass is 326 g/mol. The fourth-order valence-corrected chi connectivity index (χ4v) is 4.27. The number of fused-ring (bicyclic) bond motifs is 1. The minimum Gasteiger partial charge on any atom is -0.311 e. The van der Waals surface area contributed by atoms with Crippen LogP contribution in [0.15, 0.2) is 18.3 Å². The van der Waals surface area contributed by atoms with E-state index < -0.39 is 0 Å². The minimum atomic E-state index is -0.0844. The van der Waals surface area contributed by atoms with Crippen molar-refractivity contribution in [3.63, 3.8) is 0 Å². The van der Waals surface area contributed by atoms with Gasteiger partial charge in [-0.1, -0.05) is 0 Å². The Labute approximate surface area is 140 Å². The molecular formula is C18H20N3OS+. The Morgan fingerprint density at radius 2 is 2.17 bits per heavy atom. The largest absolute Gasteiger partial charge is 0.311 e. The third-order valence-electron chi connectivity index (χ3n) is 4.46. The molecule has 0 aromatic carbocycles. The van der Waals surface area contributed by atoms with Gasteiger partial charge in [0.15, 0.2) is 11.9 Å². The Balaban J connectivity index is 1.80. The molecule has 1 N–H and O–H groups in total. The highest BCUT2D eigenvalue weighted by Gasteiger charge is 2.23. The number of nitrogens with zero attached hydrogens (tertiary/aromatic N) is 2. The molecule has 0 atom stereocenters. The second-order valence-electron chi connectivity index (χ2n) is 5.98. The zero-order chi connectivity index (χ0) is 16.4. The van der Waals surface area contributed by atoms with Crippen molar-refractivity contribution >= 4 is 22.2 Å². The molecule has 0 saturated carbocycles. The summed E-state index contributed by atoms with van der Waals surface area (Å²) < 4.78 is 1.93. The number of hydrogen-bond acceptors (Lipinski definition) is 3. The molecule has 1 aliphatic rings. The molecule has 0 bridgehead atoms. The summed E-state index contributed by atoms with van der Waals surface area (Å²) in [5.74, 6) is -0.0844. The molecule has 2 aromatic heterocycles. The van der Waals surface area contributed by atoms with Crippen LogP contribution >= 0.6 is 11.3 Å². The third kappa shape index (κ3) is 3.13. The van der Waals surface area contributed by atoms with E-state index in [0.717, 1.165) is 41.1 Å². The fourth-order valence-electron chi connectivity index (χ4n) is 3.01.